The summed E-state index contributed by atoms with van der Waals surface area (Å²) >= 11 is 0. The minimum absolute atomic E-state index is 0.101. The molecular formula is C20H21N3O2. The Balaban J connectivity index is 1.69. The molecule has 0 bridgehead atoms. The third-order valence-electron chi connectivity index (χ3n) is 4.22. The zero-order chi connectivity index (χ0) is 17.6. The predicted octanol–water partition coefficient (Wildman–Crippen LogP) is 4.16. The number of anilines is 1. The second-order valence-electron chi connectivity index (χ2n) is 5.93. The van der Waals surface area contributed by atoms with Crippen molar-refractivity contribution in [3.8, 4) is 5.88 Å². The zero-order valence-corrected chi connectivity index (χ0v) is 14.4. The topological polar surface area (TPSA) is 64.1 Å². The molecule has 0 aliphatic rings. The smallest absolute Gasteiger partial charge is 0.262 e. The van der Waals surface area contributed by atoms with E-state index in [-0.39, 0.29) is 12.5 Å². The fourth-order valence-electron chi connectivity index (χ4n) is 2.68. The second kappa shape index (κ2) is 7.75. The average molecular weight is 335 g/mol. The Kier molecular flexibility index (Phi) is 5.23. The Hall–Kier alpha value is -2.95. The van der Waals surface area contributed by atoms with Crippen LogP contribution in [-0.4, -0.2) is 22.5 Å². The normalized spacial score (nSPS) is 11.9. The Morgan fingerprint density at radius 1 is 1.12 bits per heavy atom. The maximum atomic E-state index is 12.3. The van der Waals surface area contributed by atoms with Gasteiger partial charge < -0.3 is 10.1 Å². The van der Waals surface area contributed by atoms with Gasteiger partial charge in [0.2, 0.25) is 5.88 Å². The maximum Gasteiger partial charge on any atom is 0.262 e. The SMILES string of the molecule is CC[C@@H](C)c1ccccc1NC(=O)COc1ncnc2ccccc12. The number of nitrogens with one attached hydrogen (secondary N) is 1. The molecule has 0 fully saturated rings. The third kappa shape index (κ3) is 3.94. The van der Waals surface area contributed by atoms with Crippen LogP contribution in [0.2, 0.25) is 0 Å². The van der Waals surface area contributed by atoms with Crippen molar-refractivity contribution in [1.29, 1.82) is 0 Å². The predicted molar refractivity (Wildman–Crippen MR) is 98.8 cm³/mol. The van der Waals surface area contributed by atoms with Gasteiger partial charge >= 0.3 is 0 Å². The van der Waals surface area contributed by atoms with E-state index in [4.69, 9.17) is 4.74 Å². The third-order valence-corrected chi connectivity index (χ3v) is 4.22. The van der Waals surface area contributed by atoms with Crippen LogP contribution in [0, 0.1) is 0 Å². The first kappa shape index (κ1) is 16.9. The van der Waals surface area contributed by atoms with E-state index in [0.29, 0.717) is 11.8 Å². The van der Waals surface area contributed by atoms with Gasteiger partial charge in [0.05, 0.1) is 10.9 Å². The zero-order valence-electron chi connectivity index (χ0n) is 14.4. The van der Waals surface area contributed by atoms with Gasteiger partial charge in [-0.15, -0.1) is 0 Å². The van der Waals surface area contributed by atoms with E-state index in [9.17, 15) is 4.79 Å². The molecule has 128 valence electrons. The van der Waals surface area contributed by atoms with Gasteiger partial charge in [0.15, 0.2) is 6.61 Å². The van der Waals surface area contributed by atoms with Crippen molar-refractivity contribution in [3.05, 3.63) is 60.4 Å². The quantitative estimate of drug-likeness (QED) is 0.734. The van der Waals surface area contributed by atoms with Crippen LogP contribution < -0.4 is 10.1 Å². The lowest BCUT2D eigenvalue weighted by molar-refractivity contribution is -0.118. The largest absolute Gasteiger partial charge is 0.467 e. The lowest BCUT2D eigenvalue weighted by Gasteiger charge is -2.15. The van der Waals surface area contributed by atoms with Gasteiger partial charge in [-0.2, -0.15) is 0 Å². The molecule has 0 saturated heterocycles. The second-order valence-corrected chi connectivity index (χ2v) is 5.93. The van der Waals surface area contributed by atoms with Gasteiger partial charge in [0.1, 0.15) is 6.33 Å². The number of fused-ring (bicyclic) bond motifs is 1. The Bertz CT molecular complexity index is 874. The Morgan fingerprint density at radius 2 is 1.88 bits per heavy atom. The van der Waals surface area contributed by atoms with Crippen LogP contribution in [0.1, 0.15) is 31.7 Å². The van der Waals surface area contributed by atoms with Crippen molar-refractivity contribution in [2.75, 3.05) is 11.9 Å². The highest BCUT2D eigenvalue weighted by Crippen LogP contribution is 2.26. The van der Waals surface area contributed by atoms with Crippen LogP contribution in [0.4, 0.5) is 5.69 Å². The number of hydrogen-bond donors (Lipinski definition) is 1. The summed E-state index contributed by atoms with van der Waals surface area (Å²) in [6.07, 6.45) is 2.45. The number of amides is 1. The molecule has 0 saturated carbocycles. The fraction of sp³-hybridized carbons (Fsp3) is 0.250. The van der Waals surface area contributed by atoms with E-state index >= 15 is 0 Å². The fourth-order valence-corrected chi connectivity index (χ4v) is 2.68. The molecular weight excluding hydrogens is 314 g/mol. The van der Waals surface area contributed by atoms with Crippen LogP contribution in [0.15, 0.2) is 54.9 Å². The van der Waals surface area contributed by atoms with E-state index in [1.807, 2.05) is 48.5 Å². The number of ether oxygens (including phenoxy) is 1. The summed E-state index contributed by atoms with van der Waals surface area (Å²) < 4.78 is 5.62. The summed E-state index contributed by atoms with van der Waals surface area (Å²) in [5.41, 5.74) is 2.75. The monoisotopic (exact) mass is 335 g/mol. The van der Waals surface area contributed by atoms with E-state index < -0.39 is 0 Å². The van der Waals surface area contributed by atoms with Crippen LogP contribution in [0.3, 0.4) is 0 Å². The molecule has 1 atom stereocenters. The van der Waals surface area contributed by atoms with Gasteiger partial charge in [-0.1, -0.05) is 44.2 Å². The number of hydrogen-bond acceptors (Lipinski definition) is 4. The van der Waals surface area contributed by atoms with Crippen molar-refractivity contribution < 1.29 is 9.53 Å². The summed E-state index contributed by atoms with van der Waals surface area (Å²) in [4.78, 5) is 20.6. The highest BCUT2D eigenvalue weighted by atomic mass is 16.5. The number of carbonyl (C=O) groups is 1. The van der Waals surface area contributed by atoms with Crippen LogP contribution in [0.5, 0.6) is 5.88 Å². The molecule has 5 nitrogen and oxygen atoms in total. The number of para-hydroxylation sites is 2. The number of aromatic nitrogens is 2. The van der Waals surface area contributed by atoms with E-state index in [0.717, 1.165) is 28.6 Å². The van der Waals surface area contributed by atoms with Crippen molar-refractivity contribution in [3.63, 3.8) is 0 Å². The van der Waals surface area contributed by atoms with Crippen LogP contribution in [-0.2, 0) is 4.79 Å². The van der Waals surface area contributed by atoms with Gasteiger partial charge in [-0.05, 0) is 36.1 Å². The molecule has 3 rings (SSSR count). The summed E-state index contributed by atoms with van der Waals surface area (Å²) in [5, 5.41) is 3.73. The molecule has 1 N–H and O–H groups in total. The molecule has 1 heterocycles. The molecule has 0 spiro atoms. The van der Waals surface area contributed by atoms with Crippen LogP contribution in [0.25, 0.3) is 10.9 Å². The minimum atomic E-state index is -0.210. The van der Waals surface area contributed by atoms with E-state index in [1.165, 1.54) is 6.33 Å². The lowest BCUT2D eigenvalue weighted by Crippen LogP contribution is -2.21. The standard InChI is InChI=1S/C20H21N3O2/c1-3-14(2)15-8-4-7-11-18(15)23-19(24)12-25-20-16-9-5-6-10-17(16)21-13-22-20/h4-11,13-14H,3,12H2,1-2H3,(H,23,24)/t14-/m1/s1. The number of benzene rings is 2. The molecule has 1 amide bonds. The van der Waals surface area contributed by atoms with Crippen molar-refractivity contribution in [1.82, 2.24) is 9.97 Å². The lowest BCUT2D eigenvalue weighted by atomic mass is 9.97. The number of nitrogens with zero attached hydrogens (tertiary/aromatic N) is 2. The summed E-state index contributed by atoms with van der Waals surface area (Å²) in [6.45, 7) is 4.18. The van der Waals surface area contributed by atoms with Crippen LogP contribution >= 0.6 is 0 Å². The van der Waals surface area contributed by atoms with E-state index in [2.05, 4.69) is 29.1 Å². The van der Waals surface area contributed by atoms with Crippen molar-refractivity contribution in [2.45, 2.75) is 26.2 Å². The molecule has 1 aromatic heterocycles. The van der Waals surface area contributed by atoms with Gasteiger partial charge in [0, 0.05) is 5.69 Å². The summed E-state index contributed by atoms with van der Waals surface area (Å²) in [6, 6.07) is 15.4. The van der Waals surface area contributed by atoms with Gasteiger partial charge in [-0.3, -0.25) is 4.79 Å². The summed E-state index contributed by atoms with van der Waals surface area (Å²) in [5.74, 6) is 0.581. The first-order valence-corrected chi connectivity index (χ1v) is 8.40. The molecule has 3 aromatic rings. The van der Waals surface area contributed by atoms with Gasteiger partial charge in [0.25, 0.3) is 5.91 Å². The molecule has 0 aliphatic heterocycles. The number of carbonyl (C=O) groups excluding carboxylic acids is 1. The first-order valence-electron chi connectivity index (χ1n) is 8.40. The highest BCUT2D eigenvalue weighted by molar-refractivity contribution is 5.93. The molecule has 0 aliphatic carbocycles. The van der Waals surface area contributed by atoms with Crippen molar-refractivity contribution in [2.24, 2.45) is 0 Å². The molecule has 0 unspecified atom stereocenters. The molecule has 2 aromatic carbocycles. The molecule has 0 radical (unpaired) electrons. The van der Waals surface area contributed by atoms with Crippen molar-refractivity contribution >= 4 is 22.5 Å². The van der Waals surface area contributed by atoms with Gasteiger partial charge in [-0.25, -0.2) is 9.97 Å². The molecule has 25 heavy (non-hydrogen) atoms. The number of rotatable bonds is 6. The molecule has 5 heteroatoms. The summed E-state index contributed by atoms with van der Waals surface area (Å²) in [7, 11) is 0. The highest BCUT2D eigenvalue weighted by Gasteiger charge is 2.12. The Labute approximate surface area is 147 Å². The maximum absolute atomic E-state index is 12.3. The Morgan fingerprint density at radius 3 is 2.72 bits per heavy atom. The minimum Gasteiger partial charge on any atom is -0.467 e. The van der Waals surface area contributed by atoms with E-state index in [1.54, 1.807) is 0 Å². The first-order chi connectivity index (χ1) is 12.2. The average Bonchev–Trinajstić information content (AvgIpc) is 2.66.